The Balaban J connectivity index is 1.35. The second-order valence-corrected chi connectivity index (χ2v) is 8.55. The molecule has 1 aliphatic rings. The van der Waals surface area contributed by atoms with Gasteiger partial charge in [0.2, 0.25) is 11.1 Å². The zero-order valence-electron chi connectivity index (χ0n) is 18.0. The number of carbonyl (C=O) groups is 1. The molecule has 1 fully saturated rings. The van der Waals surface area contributed by atoms with Crippen molar-refractivity contribution in [2.75, 3.05) is 34.9 Å². The molecule has 2 heterocycles. The number of aromatic nitrogens is 3. The summed E-state index contributed by atoms with van der Waals surface area (Å²) in [5.74, 6) is 6.37. The normalized spacial score (nSPS) is 13.5. The minimum atomic E-state index is -2.89. The maximum Gasteiger partial charge on any atom is 0.387 e. The number of hydrogen-bond donors (Lipinski definition) is 2. The fourth-order valence-electron chi connectivity index (χ4n) is 3.63. The van der Waals surface area contributed by atoms with Gasteiger partial charge in [-0.05, 0) is 67.8 Å². The first-order valence-corrected chi connectivity index (χ1v) is 11.4. The molecular weight excluding hydrogens is 450 g/mol. The molecule has 0 atom stereocenters. The van der Waals surface area contributed by atoms with E-state index in [2.05, 4.69) is 31.2 Å². The summed E-state index contributed by atoms with van der Waals surface area (Å²) < 4.78 is 30.2. The number of ether oxygens (including phenoxy) is 1. The smallest absolute Gasteiger partial charge is 0.387 e. The van der Waals surface area contributed by atoms with E-state index in [1.54, 1.807) is 12.1 Å². The van der Waals surface area contributed by atoms with Crippen molar-refractivity contribution in [3.63, 3.8) is 0 Å². The van der Waals surface area contributed by atoms with Crippen LogP contribution in [0.5, 0.6) is 5.75 Å². The summed E-state index contributed by atoms with van der Waals surface area (Å²) in [6.45, 7) is 1.21. The van der Waals surface area contributed by atoms with Crippen molar-refractivity contribution in [3.8, 4) is 17.1 Å². The molecule has 0 saturated carbocycles. The van der Waals surface area contributed by atoms with Crippen LogP contribution in [-0.4, -0.2) is 46.2 Å². The van der Waals surface area contributed by atoms with Crippen molar-refractivity contribution in [3.05, 3.63) is 48.0 Å². The van der Waals surface area contributed by atoms with Crippen molar-refractivity contribution < 1.29 is 18.3 Å². The van der Waals surface area contributed by atoms with Crippen molar-refractivity contribution in [2.24, 2.45) is 0 Å². The lowest BCUT2D eigenvalue weighted by molar-refractivity contribution is -0.113. The van der Waals surface area contributed by atoms with Crippen LogP contribution >= 0.6 is 11.8 Å². The Morgan fingerprint density at radius 2 is 1.91 bits per heavy atom. The molecule has 2 aromatic carbocycles. The number of amides is 1. The Morgan fingerprint density at radius 1 is 1.18 bits per heavy atom. The second kappa shape index (κ2) is 10.1. The number of nitrogen functional groups attached to an aromatic ring is 1. The third-order valence-electron chi connectivity index (χ3n) is 5.29. The Bertz CT molecular complexity index is 1120. The van der Waals surface area contributed by atoms with Crippen LogP contribution in [0.15, 0.2) is 47.6 Å². The molecule has 33 heavy (non-hydrogen) atoms. The quantitative estimate of drug-likeness (QED) is 0.377. The van der Waals surface area contributed by atoms with Crippen LogP contribution in [0.25, 0.3) is 11.4 Å². The molecule has 3 aromatic rings. The van der Waals surface area contributed by atoms with Gasteiger partial charge in [0.25, 0.3) is 0 Å². The van der Waals surface area contributed by atoms with E-state index in [9.17, 15) is 13.6 Å². The number of halogens is 2. The average Bonchev–Trinajstić information content (AvgIpc) is 3.44. The fourth-order valence-corrected chi connectivity index (χ4v) is 4.29. The number of alkyl halides is 2. The van der Waals surface area contributed by atoms with Crippen LogP contribution < -0.4 is 20.8 Å². The third-order valence-corrected chi connectivity index (χ3v) is 6.23. The van der Waals surface area contributed by atoms with Gasteiger partial charge >= 0.3 is 6.61 Å². The lowest BCUT2D eigenvalue weighted by atomic mass is 10.1. The highest BCUT2D eigenvalue weighted by atomic mass is 32.2. The van der Waals surface area contributed by atoms with E-state index < -0.39 is 6.61 Å². The predicted octanol–water partition coefficient (Wildman–Crippen LogP) is 3.90. The Kier molecular flexibility index (Phi) is 6.97. The van der Waals surface area contributed by atoms with Gasteiger partial charge in [-0.2, -0.15) is 8.78 Å². The molecule has 8 nitrogen and oxygen atoms in total. The minimum Gasteiger partial charge on any atom is -0.435 e. The molecule has 1 saturated heterocycles. The molecule has 174 valence electrons. The predicted molar refractivity (Wildman–Crippen MR) is 124 cm³/mol. The van der Waals surface area contributed by atoms with Gasteiger partial charge in [-0.1, -0.05) is 11.8 Å². The number of nitrogens with zero attached hydrogens (tertiary/aromatic N) is 4. The van der Waals surface area contributed by atoms with Crippen LogP contribution in [-0.2, 0) is 4.79 Å². The SMILES string of the molecule is Cc1cc(N2CCCC2)ccc1NC(=O)CSc1nnc(-c2ccc(OC(F)F)cc2)n1N. The molecule has 4 rings (SSSR count). The van der Waals surface area contributed by atoms with Crippen LogP contribution in [0.1, 0.15) is 18.4 Å². The number of carbonyl (C=O) groups excluding carboxylic acids is 1. The zero-order chi connectivity index (χ0) is 23.4. The lowest BCUT2D eigenvalue weighted by Gasteiger charge is -2.19. The molecule has 1 aliphatic heterocycles. The molecule has 1 amide bonds. The van der Waals surface area contributed by atoms with Crippen molar-refractivity contribution in [2.45, 2.75) is 31.5 Å². The van der Waals surface area contributed by atoms with E-state index in [1.807, 2.05) is 19.1 Å². The maximum atomic E-state index is 12.5. The highest BCUT2D eigenvalue weighted by Crippen LogP contribution is 2.27. The number of nitrogens with one attached hydrogen (secondary N) is 1. The van der Waals surface area contributed by atoms with Gasteiger partial charge in [-0.25, -0.2) is 4.68 Å². The Morgan fingerprint density at radius 3 is 2.58 bits per heavy atom. The Labute approximate surface area is 194 Å². The van der Waals surface area contributed by atoms with Crippen LogP contribution in [0, 0.1) is 6.92 Å². The van der Waals surface area contributed by atoms with E-state index in [0.29, 0.717) is 16.5 Å². The van der Waals surface area contributed by atoms with Gasteiger partial charge in [-0.3, -0.25) is 4.79 Å². The van der Waals surface area contributed by atoms with Gasteiger partial charge < -0.3 is 20.8 Å². The summed E-state index contributed by atoms with van der Waals surface area (Å²) in [5.41, 5.74) is 3.53. The minimum absolute atomic E-state index is 0.0341. The van der Waals surface area contributed by atoms with E-state index in [0.717, 1.165) is 36.1 Å². The summed E-state index contributed by atoms with van der Waals surface area (Å²) >= 11 is 1.15. The largest absolute Gasteiger partial charge is 0.435 e. The molecule has 0 bridgehead atoms. The van der Waals surface area contributed by atoms with Crippen molar-refractivity contribution >= 4 is 29.0 Å². The van der Waals surface area contributed by atoms with E-state index in [4.69, 9.17) is 5.84 Å². The Hall–Kier alpha value is -3.34. The first-order valence-electron chi connectivity index (χ1n) is 10.4. The molecule has 11 heteroatoms. The molecule has 3 N–H and O–H groups in total. The third kappa shape index (κ3) is 5.54. The highest BCUT2D eigenvalue weighted by molar-refractivity contribution is 7.99. The summed E-state index contributed by atoms with van der Waals surface area (Å²) in [7, 11) is 0. The topological polar surface area (TPSA) is 98.3 Å². The second-order valence-electron chi connectivity index (χ2n) is 7.61. The number of aryl methyl sites for hydroxylation is 1. The number of nitrogens with two attached hydrogens (primary N) is 1. The van der Waals surface area contributed by atoms with Gasteiger partial charge in [-0.15, -0.1) is 10.2 Å². The lowest BCUT2D eigenvalue weighted by Crippen LogP contribution is -2.19. The number of thioether (sulfide) groups is 1. The fraction of sp³-hybridized carbons (Fsp3) is 0.318. The molecular formula is C22H24F2N6O2S. The molecule has 0 unspecified atom stereocenters. The molecule has 1 aromatic heterocycles. The van der Waals surface area contributed by atoms with E-state index >= 15 is 0 Å². The number of hydrogen-bond acceptors (Lipinski definition) is 7. The van der Waals surface area contributed by atoms with Crippen molar-refractivity contribution in [1.82, 2.24) is 14.9 Å². The van der Waals surface area contributed by atoms with Gasteiger partial charge in [0, 0.05) is 30.0 Å². The highest BCUT2D eigenvalue weighted by Gasteiger charge is 2.16. The summed E-state index contributed by atoms with van der Waals surface area (Å²) in [6.07, 6.45) is 2.42. The van der Waals surface area contributed by atoms with Crippen LogP contribution in [0.3, 0.4) is 0 Å². The van der Waals surface area contributed by atoms with E-state index in [-0.39, 0.29) is 17.4 Å². The van der Waals surface area contributed by atoms with E-state index in [1.165, 1.54) is 35.3 Å². The standard InChI is InChI=1S/C22H24F2N6O2S/c1-14-12-16(29-10-2-3-11-29)6-9-18(14)26-19(31)13-33-22-28-27-20(30(22)25)15-4-7-17(8-5-15)32-21(23)24/h4-9,12,21H,2-3,10-11,13,25H2,1H3,(H,26,31). The number of anilines is 2. The molecule has 0 aliphatic carbocycles. The first kappa shape index (κ1) is 22.8. The monoisotopic (exact) mass is 474 g/mol. The summed E-state index contributed by atoms with van der Waals surface area (Å²) in [6, 6.07) is 12.0. The van der Waals surface area contributed by atoms with Crippen molar-refractivity contribution in [1.29, 1.82) is 0 Å². The average molecular weight is 475 g/mol. The number of benzene rings is 2. The summed E-state index contributed by atoms with van der Waals surface area (Å²) in [4.78, 5) is 14.8. The van der Waals surface area contributed by atoms with Gasteiger partial charge in [0.15, 0.2) is 5.82 Å². The summed E-state index contributed by atoms with van der Waals surface area (Å²) in [5, 5.41) is 11.4. The van der Waals surface area contributed by atoms with Gasteiger partial charge in [0.05, 0.1) is 5.75 Å². The van der Waals surface area contributed by atoms with Gasteiger partial charge in [0.1, 0.15) is 5.75 Å². The first-order chi connectivity index (χ1) is 15.9. The number of rotatable bonds is 8. The zero-order valence-corrected chi connectivity index (χ0v) is 18.8. The maximum absolute atomic E-state index is 12.5. The van der Waals surface area contributed by atoms with Crippen LogP contribution in [0.4, 0.5) is 20.2 Å². The van der Waals surface area contributed by atoms with Crippen LogP contribution in [0.2, 0.25) is 0 Å². The molecule has 0 spiro atoms. The molecule has 0 radical (unpaired) electrons.